The molecule has 1 heterocycles. The summed E-state index contributed by atoms with van der Waals surface area (Å²) in [7, 11) is 1.18. The molecular formula is C32H45N5O11. The summed E-state index contributed by atoms with van der Waals surface area (Å²) >= 11 is 0. The Labute approximate surface area is 279 Å². The average molecular weight is 676 g/mol. The van der Waals surface area contributed by atoms with Crippen LogP contribution < -0.4 is 20.7 Å². The van der Waals surface area contributed by atoms with E-state index in [2.05, 4.69) is 28.3 Å². The second-order valence-electron chi connectivity index (χ2n) is 12.0. The van der Waals surface area contributed by atoms with Crippen LogP contribution in [0.15, 0.2) is 42.7 Å². The molecule has 0 bridgehead atoms. The number of benzene rings is 1. The van der Waals surface area contributed by atoms with Gasteiger partial charge in [-0.3, -0.25) is 19.7 Å². The molecule has 0 saturated carbocycles. The number of nitro groups is 1. The molecule has 0 aromatic heterocycles. The summed E-state index contributed by atoms with van der Waals surface area (Å²) in [6.45, 7) is 8.75. The third-order valence-corrected chi connectivity index (χ3v) is 7.22. The second-order valence-corrected chi connectivity index (χ2v) is 12.0. The van der Waals surface area contributed by atoms with Gasteiger partial charge in [0.15, 0.2) is 0 Å². The maximum absolute atomic E-state index is 13.7. The van der Waals surface area contributed by atoms with Gasteiger partial charge in [0.05, 0.1) is 12.0 Å². The van der Waals surface area contributed by atoms with Crippen molar-refractivity contribution in [3.8, 4) is 5.75 Å². The number of methoxy groups -OCH3 is 1. The summed E-state index contributed by atoms with van der Waals surface area (Å²) in [6, 6.07) is 1.81. The summed E-state index contributed by atoms with van der Waals surface area (Å²) < 4.78 is 15.3. The number of nitrogens with one attached hydrogen (secondary N) is 3. The van der Waals surface area contributed by atoms with E-state index in [1.54, 1.807) is 26.8 Å². The van der Waals surface area contributed by atoms with Gasteiger partial charge < -0.3 is 40.2 Å². The van der Waals surface area contributed by atoms with E-state index in [1.807, 2.05) is 0 Å². The van der Waals surface area contributed by atoms with Crippen LogP contribution in [0.25, 0.3) is 0 Å². The second kappa shape index (κ2) is 19.0. The third kappa shape index (κ3) is 12.7. The molecule has 2 rings (SSSR count). The molecule has 0 aliphatic carbocycles. The Hall–Kier alpha value is -4.95. The minimum Gasteiger partial charge on any atom is -0.467 e. The molecule has 4 atom stereocenters. The predicted octanol–water partition coefficient (Wildman–Crippen LogP) is 2.74. The number of aliphatic hydroxyl groups is 1. The molecule has 1 aliphatic rings. The highest BCUT2D eigenvalue weighted by molar-refractivity contribution is 5.94. The molecule has 3 unspecified atom stereocenters. The van der Waals surface area contributed by atoms with Crippen LogP contribution in [0.1, 0.15) is 59.3 Å². The quantitative estimate of drug-likeness (QED) is 0.0657. The molecule has 0 radical (unpaired) electrons. The highest BCUT2D eigenvalue weighted by atomic mass is 16.6. The van der Waals surface area contributed by atoms with Gasteiger partial charge >= 0.3 is 18.2 Å². The molecule has 48 heavy (non-hydrogen) atoms. The molecule has 1 aromatic carbocycles. The summed E-state index contributed by atoms with van der Waals surface area (Å²) in [6.07, 6.45) is 1.63. The zero-order chi connectivity index (χ0) is 35.9. The number of nitrogens with zero attached hydrogens (tertiary/aromatic N) is 2. The van der Waals surface area contributed by atoms with E-state index in [9.17, 15) is 39.2 Å². The number of amides is 4. The molecule has 1 aromatic rings. The number of hydrogen-bond acceptors (Lipinski definition) is 11. The molecule has 0 spiro atoms. The van der Waals surface area contributed by atoms with Gasteiger partial charge in [0, 0.05) is 37.7 Å². The van der Waals surface area contributed by atoms with Crippen LogP contribution in [0.2, 0.25) is 0 Å². The molecule has 4 N–H and O–H groups in total. The molecule has 1 saturated heterocycles. The smallest absolute Gasteiger partial charge is 0.412 e. The van der Waals surface area contributed by atoms with Crippen molar-refractivity contribution in [2.75, 3.05) is 26.8 Å². The maximum Gasteiger partial charge on any atom is 0.412 e. The van der Waals surface area contributed by atoms with Crippen molar-refractivity contribution in [1.29, 1.82) is 0 Å². The summed E-state index contributed by atoms with van der Waals surface area (Å²) in [4.78, 5) is 76.2. The van der Waals surface area contributed by atoms with Gasteiger partial charge in [0.25, 0.3) is 5.69 Å². The number of esters is 1. The van der Waals surface area contributed by atoms with E-state index in [1.165, 1.54) is 36.3 Å². The minimum atomic E-state index is -1.08. The van der Waals surface area contributed by atoms with E-state index in [0.29, 0.717) is 19.3 Å². The van der Waals surface area contributed by atoms with Crippen molar-refractivity contribution >= 4 is 35.7 Å². The van der Waals surface area contributed by atoms with Crippen LogP contribution in [0, 0.1) is 16.0 Å². The standard InChI is InChI=1S/C32H45N5O11/c1-6-10-21-17-19-36(28(40)24(12-9-20-38)35-31(43)48-32(2,3)4)26(21)27(39)34-25(29(41)46-5)11-7-8-18-33-30(42)47-23-15-13-22(14-16-23)37(44)45/h10,13-16,21,24-26,38H,1,7-9,11-12,17-20H2,2-5H3,(H,33,42)(H,34,39)(H,35,43)/t21?,24?,25?,26-/m0/s1. The number of alkyl carbamates (subject to hydrolysis) is 1. The largest absolute Gasteiger partial charge is 0.467 e. The van der Waals surface area contributed by atoms with Crippen molar-refractivity contribution in [3.05, 3.63) is 52.8 Å². The van der Waals surface area contributed by atoms with Crippen LogP contribution in [0.3, 0.4) is 0 Å². The van der Waals surface area contributed by atoms with Gasteiger partial charge in [0.2, 0.25) is 11.8 Å². The lowest BCUT2D eigenvalue weighted by atomic mass is 9.98. The van der Waals surface area contributed by atoms with Gasteiger partial charge in [-0.15, -0.1) is 5.73 Å². The number of rotatable bonds is 16. The number of carbonyl (C=O) groups excluding carboxylic acids is 5. The lowest BCUT2D eigenvalue weighted by molar-refractivity contribution is -0.384. The SMILES string of the molecule is C=C=CC1CCN(C(=O)C(CCCO)NC(=O)OC(C)(C)C)[C@@H]1C(=O)NC(CCCCNC(=O)Oc1ccc([N+](=O)[O-])cc1)C(=O)OC. The first kappa shape index (κ1) is 39.2. The Morgan fingerprint density at radius 1 is 1.08 bits per heavy atom. The summed E-state index contributed by atoms with van der Waals surface area (Å²) in [5.41, 5.74) is 1.70. The number of likely N-dealkylation sites (tertiary alicyclic amines) is 1. The molecule has 4 amide bonds. The van der Waals surface area contributed by atoms with Crippen molar-refractivity contribution < 1.29 is 48.2 Å². The monoisotopic (exact) mass is 675 g/mol. The fraction of sp³-hybridized carbons (Fsp3) is 0.562. The molecule has 16 heteroatoms. The normalized spacial score (nSPS) is 16.8. The topological polar surface area (TPSA) is 216 Å². The van der Waals surface area contributed by atoms with Crippen LogP contribution in [0.4, 0.5) is 15.3 Å². The lowest BCUT2D eigenvalue weighted by Crippen LogP contribution is -2.57. The Morgan fingerprint density at radius 2 is 1.75 bits per heavy atom. The van der Waals surface area contributed by atoms with E-state index < -0.39 is 64.5 Å². The third-order valence-electron chi connectivity index (χ3n) is 7.22. The van der Waals surface area contributed by atoms with E-state index in [4.69, 9.17) is 14.2 Å². The fourth-order valence-electron chi connectivity index (χ4n) is 5.02. The number of hydrogen-bond donors (Lipinski definition) is 4. The first-order chi connectivity index (χ1) is 22.7. The Bertz CT molecular complexity index is 1340. The Balaban J connectivity index is 2.05. The number of aliphatic hydroxyl groups excluding tert-OH is 1. The summed E-state index contributed by atoms with van der Waals surface area (Å²) in [5.74, 6) is -2.22. The molecular weight excluding hydrogens is 630 g/mol. The highest BCUT2D eigenvalue weighted by Gasteiger charge is 2.44. The first-order valence-corrected chi connectivity index (χ1v) is 15.6. The van der Waals surface area contributed by atoms with Crippen molar-refractivity contribution in [2.24, 2.45) is 5.92 Å². The molecule has 1 aliphatic heterocycles. The number of non-ortho nitro benzene ring substituents is 1. The molecule has 264 valence electrons. The zero-order valence-electron chi connectivity index (χ0n) is 27.7. The van der Waals surface area contributed by atoms with Crippen LogP contribution in [0.5, 0.6) is 5.75 Å². The highest BCUT2D eigenvalue weighted by Crippen LogP contribution is 2.27. The van der Waals surface area contributed by atoms with Crippen LogP contribution in [-0.2, 0) is 23.9 Å². The Morgan fingerprint density at radius 3 is 2.33 bits per heavy atom. The zero-order valence-corrected chi connectivity index (χ0v) is 27.7. The molecule has 1 fully saturated rings. The first-order valence-electron chi connectivity index (χ1n) is 15.6. The summed E-state index contributed by atoms with van der Waals surface area (Å²) in [5, 5.41) is 27.9. The molecule has 16 nitrogen and oxygen atoms in total. The van der Waals surface area contributed by atoms with Gasteiger partial charge in [-0.1, -0.05) is 6.58 Å². The fourth-order valence-corrected chi connectivity index (χ4v) is 5.02. The van der Waals surface area contributed by atoms with E-state index in [0.717, 1.165) is 0 Å². The minimum absolute atomic E-state index is 0.0988. The average Bonchev–Trinajstić information content (AvgIpc) is 3.44. The predicted molar refractivity (Wildman–Crippen MR) is 172 cm³/mol. The Kier molecular flexibility index (Phi) is 15.5. The van der Waals surface area contributed by atoms with Crippen molar-refractivity contribution in [2.45, 2.75) is 83.0 Å². The van der Waals surface area contributed by atoms with Gasteiger partial charge in [-0.05, 0) is 77.5 Å². The van der Waals surface area contributed by atoms with Gasteiger partial charge in [0.1, 0.15) is 29.5 Å². The number of nitro benzene ring substituents is 1. The van der Waals surface area contributed by atoms with E-state index in [-0.39, 0.29) is 50.4 Å². The maximum atomic E-state index is 13.7. The van der Waals surface area contributed by atoms with Crippen LogP contribution >= 0.6 is 0 Å². The van der Waals surface area contributed by atoms with Gasteiger partial charge in [-0.25, -0.2) is 14.4 Å². The van der Waals surface area contributed by atoms with E-state index >= 15 is 0 Å². The lowest BCUT2D eigenvalue weighted by Gasteiger charge is -2.31. The van der Waals surface area contributed by atoms with Crippen LogP contribution in [-0.4, -0.2) is 95.4 Å². The number of unbranched alkanes of at least 4 members (excludes halogenated alkanes) is 1. The van der Waals surface area contributed by atoms with Crippen molar-refractivity contribution in [1.82, 2.24) is 20.9 Å². The van der Waals surface area contributed by atoms with Crippen molar-refractivity contribution in [3.63, 3.8) is 0 Å². The van der Waals surface area contributed by atoms with Gasteiger partial charge in [-0.2, -0.15) is 0 Å². The number of carbonyl (C=O) groups is 5. The number of ether oxygens (including phenoxy) is 3.